The van der Waals surface area contributed by atoms with Gasteiger partial charge in [0, 0.05) is 18.7 Å². The van der Waals surface area contributed by atoms with Gasteiger partial charge in [0.25, 0.3) is 11.5 Å². The number of aromatic nitrogens is 2. The minimum absolute atomic E-state index is 0.0366. The Hall–Kier alpha value is -2.83. The average Bonchev–Trinajstić information content (AvgIpc) is 2.69. The molecule has 3 N–H and O–H groups in total. The van der Waals surface area contributed by atoms with Gasteiger partial charge in [-0.3, -0.25) is 19.1 Å². The van der Waals surface area contributed by atoms with Gasteiger partial charge in [0.2, 0.25) is 0 Å². The highest BCUT2D eigenvalue weighted by molar-refractivity contribution is 6.07. The number of unbranched alkanes of at least 4 members (excludes halogenated alkanes) is 1. The average molecular weight is 401 g/mol. The number of aromatic amines is 1. The van der Waals surface area contributed by atoms with E-state index in [9.17, 15) is 14.4 Å². The van der Waals surface area contributed by atoms with Gasteiger partial charge in [-0.15, -0.1) is 0 Å². The second-order valence-corrected chi connectivity index (χ2v) is 7.69. The Kier molecular flexibility index (Phi) is 7.82. The molecule has 0 saturated carbocycles. The molecule has 0 atom stereocenters. The van der Waals surface area contributed by atoms with Gasteiger partial charge in [-0.05, 0) is 42.9 Å². The lowest BCUT2D eigenvalue weighted by atomic mass is 10.1. The first-order valence-electron chi connectivity index (χ1n) is 10.3. The Bertz CT molecular complexity index is 942. The summed E-state index contributed by atoms with van der Waals surface area (Å²) in [6.45, 7) is 8.88. The molecule has 0 unspecified atom stereocenters. The highest BCUT2D eigenvalue weighted by Crippen LogP contribution is 2.21. The van der Waals surface area contributed by atoms with E-state index in [1.165, 1.54) is 9.47 Å². The van der Waals surface area contributed by atoms with Crippen molar-refractivity contribution >= 4 is 17.4 Å². The molecule has 158 valence electrons. The van der Waals surface area contributed by atoms with Crippen LogP contribution in [0.3, 0.4) is 0 Å². The molecule has 0 spiro atoms. The van der Waals surface area contributed by atoms with Gasteiger partial charge >= 0.3 is 5.69 Å². The summed E-state index contributed by atoms with van der Waals surface area (Å²) in [6, 6.07) is 7.34. The molecule has 0 aliphatic rings. The standard InChI is InChI=1S/C22H32N4O3/c1-5-7-13-26-19(23)18(20(27)24-22(26)29)25(14-12-15(3)4)21(28)17-10-8-16(6-2)9-11-17/h8-11,15H,5-7,12-14,23H2,1-4H3,(H,24,27,29). The number of nitrogen functional groups attached to an aromatic ring is 1. The fraction of sp³-hybridized carbons (Fsp3) is 0.500. The van der Waals surface area contributed by atoms with E-state index in [0.717, 1.165) is 24.8 Å². The van der Waals surface area contributed by atoms with Crippen LogP contribution in [-0.4, -0.2) is 22.0 Å². The molecule has 1 aromatic carbocycles. The zero-order chi connectivity index (χ0) is 21.6. The maximum Gasteiger partial charge on any atom is 0.330 e. The van der Waals surface area contributed by atoms with E-state index in [1.807, 2.05) is 26.0 Å². The molecule has 0 saturated heterocycles. The monoisotopic (exact) mass is 400 g/mol. The fourth-order valence-electron chi connectivity index (χ4n) is 3.12. The van der Waals surface area contributed by atoms with Crippen LogP contribution in [0, 0.1) is 5.92 Å². The van der Waals surface area contributed by atoms with Gasteiger partial charge in [0.15, 0.2) is 5.69 Å². The van der Waals surface area contributed by atoms with Crippen LogP contribution >= 0.6 is 0 Å². The normalized spacial score (nSPS) is 11.1. The van der Waals surface area contributed by atoms with E-state index in [4.69, 9.17) is 5.73 Å². The molecular formula is C22H32N4O3. The van der Waals surface area contributed by atoms with Crippen molar-refractivity contribution in [2.45, 2.75) is 59.9 Å². The number of rotatable bonds is 9. The van der Waals surface area contributed by atoms with Crippen LogP contribution in [0.25, 0.3) is 0 Å². The van der Waals surface area contributed by atoms with Gasteiger partial charge in [-0.2, -0.15) is 0 Å². The number of carbonyl (C=O) groups is 1. The number of amides is 1. The summed E-state index contributed by atoms with van der Waals surface area (Å²) in [6.07, 6.45) is 3.19. The third-order valence-electron chi connectivity index (χ3n) is 5.00. The van der Waals surface area contributed by atoms with Crippen molar-refractivity contribution in [2.24, 2.45) is 5.92 Å². The maximum atomic E-state index is 13.3. The number of aryl methyl sites for hydroxylation is 1. The van der Waals surface area contributed by atoms with Crippen molar-refractivity contribution in [3.8, 4) is 0 Å². The number of anilines is 2. The molecule has 2 rings (SSSR count). The molecule has 1 heterocycles. The Labute approximate surface area is 171 Å². The van der Waals surface area contributed by atoms with Crippen molar-refractivity contribution in [1.82, 2.24) is 9.55 Å². The molecule has 0 fully saturated rings. The summed E-state index contributed by atoms with van der Waals surface area (Å²) >= 11 is 0. The van der Waals surface area contributed by atoms with E-state index >= 15 is 0 Å². The lowest BCUT2D eigenvalue weighted by Gasteiger charge is -2.25. The van der Waals surface area contributed by atoms with Gasteiger partial charge in [0.05, 0.1) is 0 Å². The van der Waals surface area contributed by atoms with E-state index in [-0.39, 0.29) is 17.4 Å². The summed E-state index contributed by atoms with van der Waals surface area (Å²) in [5.74, 6) is 0.0692. The first kappa shape index (κ1) is 22.5. The van der Waals surface area contributed by atoms with E-state index in [0.29, 0.717) is 31.0 Å². The molecule has 0 aliphatic heterocycles. The molecule has 0 radical (unpaired) electrons. The number of H-pyrrole nitrogens is 1. The van der Waals surface area contributed by atoms with Gasteiger partial charge < -0.3 is 10.6 Å². The molecule has 0 aliphatic carbocycles. The molecule has 1 amide bonds. The topological polar surface area (TPSA) is 101 Å². The quantitative estimate of drug-likeness (QED) is 0.675. The van der Waals surface area contributed by atoms with Gasteiger partial charge in [-0.1, -0.05) is 46.2 Å². The highest BCUT2D eigenvalue weighted by Gasteiger charge is 2.25. The summed E-state index contributed by atoms with van der Waals surface area (Å²) < 4.78 is 1.34. The van der Waals surface area contributed by atoms with Crippen molar-refractivity contribution in [2.75, 3.05) is 17.2 Å². The smallest absolute Gasteiger partial charge is 0.330 e. The van der Waals surface area contributed by atoms with E-state index in [2.05, 4.69) is 18.8 Å². The summed E-state index contributed by atoms with van der Waals surface area (Å²) in [5, 5.41) is 0. The van der Waals surface area contributed by atoms with Crippen LogP contribution in [0.1, 0.15) is 62.9 Å². The Morgan fingerprint density at radius 1 is 1.17 bits per heavy atom. The number of benzene rings is 1. The van der Waals surface area contributed by atoms with Crippen LogP contribution in [0.5, 0.6) is 0 Å². The summed E-state index contributed by atoms with van der Waals surface area (Å²) in [7, 11) is 0. The second kappa shape index (κ2) is 10.1. The first-order valence-corrected chi connectivity index (χ1v) is 10.3. The summed E-state index contributed by atoms with van der Waals surface area (Å²) in [5.41, 5.74) is 6.71. The number of nitrogens with zero attached hydrogens (tertiary/aromatic N) is 2. The Morgan fingerprint density at radius 3 is 2.38 bits per heavy atom. The Morgan fingerprint density at radius 2 is 1.83 bits per heavy atom. The third-order valence-corrected chi connectivity index (χ3v) is 5.00. The van der Waals surface area contributed by atoms with Crippen LogP contribution in [0.4, 0.5) is 11.5 Å². The molecule has 7 heteroatoms. The SMILES string of the molecule is CCCCn1c(N)c(N(CCC(C)C)C(=O)c2ccc(CC)cc2)c(=O)[nH]c1=O. The van der Waals surface area contributed by atoms with Crippen LogP contribution in [-0.2, 0) is 13.0 Å². The molecule has 7 nitrogen and oxygen atoms in total. The second-order valence-electron chi connectivity index (χ2n) is 7.69. The van der Waals surface area contributed by atoms with Crippen LogP contribution in [0.2, 0.25) is 0 Å². The fourth-order valence-corrected chi connectivity index (χ4v) is 3.12. The number of hydrogen-bond acceptors (Lipinski definition) is 4. The number of hydrogen-bond donors (Lipinski definition) is 2. The maximum absolute atomic E-state index is 13.3. The number of nitrogens with one attached hydrogen (secondary N) is 1. The predicted octanol–water partition coefficient (Wildman–Crippen LogP) is 3.17. The Balaban J connectivity index is 2.55. The zero-order valence-electron chi connectivity index (χ0n) is 17.8. The molecule has 2 aromatic rings. The zero-order valence-corrected chi connectivity index (χ0v) is 17.8. The predicted molar refractivity (Wildman–Crippen MR) is 118 cm³/mol. The number of nitrogens with two attached hydrogens (primary N) is 1. The van der Waals surface area contributed by atoms with Gasteiger partial charge in [-0.25, -0.2) is 4.79 Å². The van der Waals surface area contributed by atoms with Crippen molar-refractivity contribution in [3.05, 3.63) is 56.2 Å². The van der Waals surface area contributed by atoms with E-state index < -0.39 is 11.2 Å². The molecule has 29 heavy (non-hydrogen) atoms. The largest absolute Gasteiger partial charge is 0.383 e. The van der Waals surface area contributed by atoms with Crippen molar-refractivity contribution < 1.29 is 4.79 Å². The summed E-state index contributed by atoms with van der Waals surface area (Å²) in [4.78, 5) is 42.0. The minimum Gasteiger partial charge on any atom is -0.383 e. The molecule has 0 bridgehead atoms. The van der Waals surface area contributed by atoms with Crippen molar-refractivity contribution in [1.29, 1.82) is 0 Å². The molecule has 1 aromatic heterocycles. The molecular weight excluding hydrogens is 368 g/mol. The first-order chi connectivity index (χ1) is 13.8. The highest BCUT2D eigenvalue weighted by atomic mass is 16.2. The van der Waals surface area contributed by atoms with Crippen LogP contribution < -0.4 is 21.9 Å². The van der Waals surface area contributed by atoms with E-state index in [1.54, 1.807) is 12.1 Å². The van der Waals surface area contributed by atoms with Crippen molar-refractivity contribution in [3.63, 3.8) is 0 Å². The lowest BCUT2D eigenvalue weighted by molar-refractivity contribution is 0.0985. The third kappa shape index (κ3) is 5.37. The minimum atomic E-state index is -0.637. The van der Waals surface area contributed by atoms with Crippen LogP contribution in [0.15, 0.2) is 33.9 Å². The van der Waals surface area contributed by atoms with Gasteiger partial charge in [0.1, 0.15) is 5.82 Å². The lowest BCUT2D eigenvalue weighted by Crippen LogP contribution is -2.42. The number of carbonyl (C=O) groups excluding carboxylic acids is 1.